The molecule has 1 aliphatic rings. The van der Waals surface area contributed by atoms with Gasteiger partial charge < -0.3 is 14.1 Å². The minimum atomic E-state index is -0.586. The van der Waals surface area contributed by atoms with Gasteiger partial charge in [-0.3, -0.25) is 4.79 Å². The van der Waals surface area contributed by atoms with Crippen molar-refractivity contribution in [3.63, 3.8) is 0 Å². The van der Waals surface area contributed by atoms with Gasteiger partial charge in [-0.15, -0.1) is 11.8 Å². The van der Waals surface area contributed by atoms with Gasteiger partial charge in [0.1, 0.15) is 5.76 Å². The molecule has 0 bridgehead atoms. The topological polar surface area (TPSA) is 59.8 Å². The Morgan fingerprint density at radius 1 is 1.35 bits per heavy atom. The Labute approximate surface area is 164 Å². The van der Waals surface area contributed by atoms with Crippen LogP contribution in [0.5, 0.6) is 0 Å². The van der Waals surface area contributed by atoms with Crippen LogP contribution in [-0.2, 0) is 14.3 Å². The summed E-state index contributed by atoms with van der Waals surface area (Å²) in [6.45, 7) is 2.46. The van der Waals surface area contributed by atoms with Crippen molar-refractivity contribution in [3.8, 4) is 0 Å². The number of para-hydroxylation sites is 1. The van der Waals surface area contributed by atoms with Crippen LogP contribution < -0.4 is 4.90 Å². The molecule has 0 radical (unpaired) electrons. The number of esters is 1. The molecule has 1 amide bonds. The Morgan fingerprint density at radius 2 is 2.15 bits per heavy atom. The van der Waals surface area contributed by atoms with Crippen molar-refractivity contribution < 1.29 is 18.7 Å². The normalized spacial score (nSPS) is 17.0. The van der Waals surface area contributed by atoms with Crippen LogP contribution in [0.4, 0.5) is 5.69 Å². The fraction of sp³-hybridized carbons (Fsp3) is 0.263. The van der Waals surface area contributed by atoms with E-state index >= 15 is 0 Å². The fourth-order valence-electron chi connectivity index (χ4n) is 2.57. The van der Waals surface area contributed by atoms with Crippen molar-refractivity contribution in [2.45, 2.75) is 23.5 Å². The molecule has 1 aromatic heterocycles. The Balaban J connectivity index is 1.61. The van der Waals surface area contributed by atoms with E-state index in [0.717, 1.165) is 17.0 Å². The molecule has 0 aliphatic carbocycles. The van der Waals surface area contributed by atoms with E-state index in [1.807, 2.05) is 24.3 Å². The van der Waals surface area contributed by atoms with Gasteiger partial charge in [-0.05, 0) is 52.7 Å². The van der Waals surface area contributed by atoms with Crippen molar-refractivity contribution in [3.05, 3.63) is 52.9 Å². The first-order valence-corrected chi connectivity index (χ1v) is 9.86. The first-order chi connectivity index (χ1) is 12.5. The number of benzene rings is 1. The highest BCUT2D eigenvalue weighted by molar-refractivity contribution is 9.10. The Hall–Kier alpha value is -1.99. The van der Waals surface area contributed by atoms with Crippen LogP contribution in [0.25, 0.3) is 6.08 Å². The summed E-state index contributed by atoms with van der Waals surface area (Å²) >= 11 is 4.95. The molecule has 0 N–H and O–H groups in total. The van der Waals surface area contributed by atoms with Crippen LogP contribution in [-0.4, -0.2) is 30.3 Å². The van der Waals surface area contributed by atoms with Gasteiger partial charge in [0.2, 0.25) is 0 Å². The highest BCUT2D eigenvalue weighted by Gasteiger charge is 2.24. The van der Waals surface area contributed by atoms with Crippen LogP contribution in [0.15, 0.2) is 56.5 Å². The summed E-state index contributed by atoms with van der Waals surface area (Å²) in [5, 5.41) is 0.423. The van der Waals surface area contributed by atoms with E-state index in [0.29, 0.717) is 22.2 Å². The zero-order chi connectivity index (χ0) is 18.5. The number of fused-ring (bicyclic) bond motifs is 1. The maximum Gasteiger partial charge on any atom is 0.331 e. The second-order valence-electron chi connectivity index (χ2n) is 5.81. The number of rotatable bonds is 4. The maximum atomic E-state index is 12.6. The molecular weight excluding hydrogens is 418 g/mol. The molecule has 136 valence electrons. The Kier molecular flexibility index (Phi) is 6.21. The van der Waals surface area contributed by atoms with Gasteiger partial charge in [-0.2, -0.15) is 0 Å². The van der Waals surface area contributed by atoms with Crippen molar-refractivity contribution in [2.75, 3.05) is 18.1 Å². The second-order valence-corrected chi connectivity index (χ2v) is 8.08. The minimum Gasteiger partial charge on any atom is -0.452 e. The predicted octanol–water partition coefficient (Wildman–Crippen LogP) is 4.52. The van der Waals surface area contributed by atoms with Crippen LogP contribution in [0.2, 0.25) is 0 Å². The summed E-state index contributed by atoms with van der Waals surface area (Å²) in [5.74, 6) is -0.293. The minimum absolute atomic E-state index is 0.227. The predicted molar refractivity (Wildman–Crippen MR) is 105 cm³/mol. The van der Waals surface area contributed by atoms with Gasteiger partial charge in [0.25, 0.3) is 5.91 Å². The summed E-state index contributed by atoms with van der Waals surface area (Å²) in [5.41, 5.74) is 0.874. The van der Waals surface area contributed by atoms with E-state index in [2.05, 4.69) is 22.9 Å². The molecule has 0 fully saturated rings. The molecule has 0 saturated heterocycles. The zero-order valence-electron chi connectivity index (χ0n) is 14.2. The molecule has 3 rings (SSSR count). The lowest BCUT2D eigenvalue weighted by Crippen LogP contribution is -2.35. The molecular formula is C19H18BrNO4S. The first-order valence-electron chi connectivity index (χ1n) is 8.19. The summed E-state index contributed by atoms with van der Waals surface area (Å²) in [6.07, 6.45) is 3.62. The fourth-order valence-corrected chi connectivity index (χ4v) is 4.00. The molecule has 0 spiro atoms. The molecule has 7 heteroatoms. The van der Waals surface area contributed by atoms with Crippen LogP contribution >= 0.6 is 27.7 Å². The molecule has 1 aromatic carbocycles. The van der Waals surface area contributed by atoms with Gasteiger partial charge in [-0.25, -0.2) is 4.79 Å². The number of carbonyl (C=O) groups excluding carboxylic acids is 2. The van der Waals surface area contributed by atoms with E-state index < -0.39 is 5.97 Å². The zero-order valence-corrected chi connectivity index (χ0v) is 16.6. The van der Waals surface area contributed by atoms with Crippen LogP contribution in [0.1, 0.15) is 19.1 Å². The number of nitrogens with zero attached hydrogens (tertiary/aromatic N) is 1. The summed E-state index contributed by atoms with van der Waals surface area (Å²) in [4.78, 5) is 27.2. The van der Waals surface area contributed by atoms with E-state index in [9.17, 15) is 9.59 Å². The number of hydrogen-bond acceptors (Lipinski definition) is 5. The van der Waals surface area contributed by atoms with Crippen LogP contribution in [0.3, 0.4) is 0 Å². The number of anilines is 1. The lowest BCUT2D eigenvalue weighted by Gasteiger charge is -2.22. The number of amides is 1. The van der Waals surface area contributed by atoms with Crippen molar-refractivity contribution in [2.24, 2.45) is 0 Å². The van der Waals surface area contributed by atoms with E-state index in [4.69, 9.17) is 9.15 Å². The number of hydrogen-bond donors (Lipinski definition) is 0. The molecule has 1 aliphatic heterocycles. The van der Waals surface area contributed by atoms with E-state index in [1.54, 1.807) is 28.8 Å². The Bertz CT molecular complexity index is 832. The number of furan rings is 1. The SMILES string of the molecule is CC1CCN(C(=O)COC(=O)/C=C/c2ccc(Br)o2)c2ccccc2S1. The number of ether oxygens (including phenoxy) is 1. The highest BCUT2D eigenvalue weighted by Crippen LogP contribution is 2.37. The van der Waals surface area contributed by atoms with E-state index in [1.165, 1.54) is 12.2 Å². The standard InChI is InChI=1S/C19H18BrNO4S/c1-13-10-11-21(15-4-2-3-5-16(15)26-13)18(22)12-24-19(23)9-7-14-6-8-17(20)25-14/h2-9,13H,10-12H2,1H3/b9-7+. The largest absolute Gasteiger partial charge is 0.452 e. The van der Waals surface area contributed by atoms with E-state index in [-0.39, 0.29) is 12.5 Å². The third-order valence-electron chi connectivity index (χ3n) is 3.86. The molecule has 26 heavy (non-hydrogen) atoms. The number of thioether (sulfide) groups is 1. The molecule has 2 heterocycles. The van der Waals surface area contributed by atoms with Crippen LogP contribution in [0, 0.1) is 0 Å². The van der Waals surface area contributed by atoms with Gasteiger partial charge in [0, 0.05) is 22.8 Å². The lowest BCUT2D eigenvalue weighted by atomic mass is 10.2. The molecule has 1 atom stereocenters. The number of halogens is 1. The average molecular weight is 436 g/mol. The highest BCUT2D eigenvalue weighted by atomic mass is 79.9. The summed E-state index contributed by atoms with van der Waals surface area (Å²) in [7, 11) is 0. The summed E-state index contributed by atoms with van der Waals surface area (Å²) in [6, 6.07) is 11.2. The molecule has 1 unspecified atom stereocenters. The Morgan fingerprint density at radius 3 is 2.92 bits per heavy atom. The maximum absolute atomic E-state index is 12.6. The third kappa shape index (κ3) is 4.80. The van der Waals surface area contributed by atoms with Crippen molar-refractivity contribution in [1.82, 2.24) is 0 Å². The van der Waals surface area contributed by atoms with Gasteiger partial charge in [0.05, 0.1) is 5.69 Å². The van der Waals surface area contributed by atoms with Gasteiger partial charge in [0.15, 0.2) is 11.3 Å². The molecule has 2 aromatic rings. The third-order valence-corrected chi connectivity index (χ3v) is 5.52. The first kappa shape index (κ1) is 18.8. The van der Waals surface area contributed by atoms with Gasteiger partial charge in [-0.1, -0.05) is 19.1 Å². The average Bonchev–Trinajstić information content (AvgIpc) is 2.96. The molecule has 0 saturated carbocycles. The quantitative estimate of drug-likeness (QED) is 0.521. The summed E-state index contributed by atoms with van der Waals surface area (Å²) < 4.78 is 10.9. The molecule has 5 nitrogen and oxygen atoms in total. The van der Waals surface area contributed by atoms with Gasteiger partial charge >= 0.3 is 5.97 Å². The second kappa shape index (κ2) is 8.60. The number of carbonyl (C=O) groups is 2. The monoisotopic (exact) mass is 435 g/mol. The van der Waals surface area contributed by atoms with Crippen molar-refractivity contribution >= 4 is 51.3 Å². The lowest BCUT2D eigenvalue weighted by molar-refractivity contribution is -0.142. The van der Waals surface area contributed by atoms with Crippen molar-refractivity contribution in [1.29, 1.82) is 0 Å². The smallest absolute Gasteiger partial charge is 0.331 e.